The Bertz CT molecular complexity index is 885. The molecule has 1 unspecified atom stereocenters. The van der Waals surface area contributed by atoms with Gasteiger partial charge in [0.15, 0.2) is 0 Å². The first kappa shape index (κ1) is 15.7. The molecule has 0 aliphatic rings. The molecule has 0 fully saturated rings. The molecule has 2 aromatic heterocycles. The highest BCUT2D eigenvalue weighted by Crippen LogP contribution is 2.21. The van der Waals surface area contributed by atoms with E-state index in [0.717, 1.165) is 16.3 Å². The van der Waals surface area contributed by atoms with E-state index in [9.17, 15) is 4.79 Å². The summed E-state index contributed by atoms with van der Waals surface area (Å²) >= 11 is 11.6. The average Bonchev–Trinajstić information content (AvgIpc) is 2.56. The van der Waals surface area contributed by atoms with Gasteiger partial charge in [-0.2, -0.15) is 0 Å². The molecule has 2 heterocycles. The first-order valence-corrected chi connectivity index (χ1v) is 7.51. The lowest BCUT2D eigenvalue weighted by Gasteiger charge is -2.15. The minimum Gasteiger partial charge on any atom is -0.333 e. The summed E-state index contributed by atoms with van der Waals surface area (Å²) in [5, 5.41) is 5.07. The number of halogens is 2. The summed E-state index contributed by atoms with van der Waals surface area (Å²) in [5.74, 6) is -0.376. The topological polar surface area (TPSA) is 80.9 Å². The smallest absolute Gasteiger partial charge is 0.254 e. The molecule has 0 radical (unpaired) electrons. The number of nitrogens with two attached hydrogens (primary N) is 1. The Hall–Kier alpha value is -2.21. The van der Waals surface area contributed by atoms with Crippen molar-refractivity contribution < 1.29 is 4.79 Å². The standard InChI is InChI=1S/C16H12Cl2N4O/c17-13-6-12(8-21-14(13)18)16(23)22-15(19)10-1-2-11-7-20-4-3-9(11)5-10/h1-8,15H,19H2,(H,22,23). The van der Waals surface area contributed by atoms with Gasteiger partial charge in [-0.1, -0.05) is 35.3 Å². The van der Waals surface area contributed by atoms with Crippen molar-refractivity contribution in [2.75, 3.05) is 0 Å². The summed E-state index contributed by atoms with van der Waals surface area (Å²) in [5.41, 5.74) is 7.14. The maximum absolute atomic E-state index is 12.2. The highest BCUT2D eigenvalue weighted by molar-refractivity contribution is 6.41. The van der Waals surface area contributed by atoms with Crippen molar-refractivity contribution in [3.63, 3.8) is 0 Å². The number of nitrogens with zero attached hydrogens (tertiary/aromatic N) is 2. The highest BCUT2D eigenvalue weighted by atomic mass is 35.5. The number of fused-ring (bicyclic) bond motifs is 1. The van der Waals surface area contributed by atoms with E-state index >= 15 is 0 Å². The zero-order chi connectivity index (χ0) is 16.4. The van der Waals surface area contributed by atoms with Gasteiger partial charge >= 0.3 is 0 Å². The summed E-state index contributed by atoms with van der Waals surface area (Å²) in [7, 11) is 0. The van der Waals surface area contributed by atoms with Crippen LogP contribution in [0.3, 0.4) is 0 Å². The van der Waals surface area contributed by atoms with Gasteiger partial charge in [-0.3, -0.25) is 9.78 Å². The van der Waals surface area contributed by atoms with Crippen molar-refractivity contribution in [3.8, 4) is 0 Å². The molecule has 1 aromatic carbocycles. The Balaban J connectivity index is 1.80. The van der Waals surface area contributed by atoms with Crippen LogP contribution in [0, 0.1) is 0 Å². The van der Waals surface area contributed by atoms with E-state index in [-0.39, 0.29) is 16.1 Å². The third-order valence-corrected chi connectivity index (χ3v) is 4.05. The fourth-order valence-corrected chi connectivity index (χ4v) is 2.42. The predicted molar refractivity (Wildman–Crippen MR) is 90.4 cm³/mol. The van der Waals surface area contributed by atoms with Crippen molar-refractivity contribution in [2.45, 2.75) is 6.17 Å². The van der Waals surface area contributed by atoms with Gasteiger partial charge in [-0.15, -0.1) is 0 Å². The molecule has 0 saturated heterocycles. The van der Waals surface area contributed by atoms with E-state index in [1.165, 1.54) is 12.3 Å². The first-order chi connectivity index (χ1) is 11.0. The predicted octanol–water partition coefficient (Wildman–Crippen LogP) is 3.32. The minimum atomic E-state index is -0.658. The molecule has 0 aliphatic heterocycles. The average molecular weight is 347 g/mol. The molecule has 0 aliphatic carbocycles. The van der Waals surface area contributed by atoms with Gasteiger partial charge in [-0.05, 0) is 29.1 Å². The minimum absolute atomic E-state index is 0.149. The van der Waals surface area contributed by atoms with E-state index < -0.39 is 6.17 Å². The van der Waals surface area contributed by atoms with Gasteiger partial charge < -0.3 is 11.1 Å². The molecule has 23 heavy (non-hydrogen) atoms. The number of hydrogen-bond donors (Lipinski definition) is 2. The van der Waals surface area contributed by atoms with Crippen molar-refractivity contribution in [2.24, 2.45) is 5.73 Å². The Labute approximate surface area is 142 Å². The zero-order valence-corrected chi connectivity index (χ0v) is 13.3. The molecular formula is C16H12Cl2N4O. The second kappa shape index (κ2) is 6.50. The number of pyridine rings is 2. The molecule has 3 rings (SSSR count). The maximum atomic E-state index is 12.2. The van der Waals surface area contributed by atoms with Crippen LogP contribution in [0.2, 0.25) is 10.2 Å². The maximum Gasteiger partial charge on any atom is 0.254 e. The summed E-state index contributed by atoms with van der Waals surface area (Å²) in [6.45, 7) is 0. The van der Waals surface area contributed by atoms with Gasteiger partial charge in [0.25, 0.3) is 5.91 Å². The molecular weight excluding hydrogens is 335 g/mol. The molecule has 116 valence electrons. The molecule has 0 bridgehead atoms. The fourth-order valence-electron chi connectivity index (χ4n) is 2.15. The number of aromatic nitrogens is 2. The largest absolute Gasteiger partial charge is 0.333 e. The number of benzene rings is 1. The van der Waals surface area contributed by atoms with Crippen LogP contribution in [-0.2, 0) is 0 Å². The van der Waals surface area contributed by atoms with Gasteiger partial charge in [0.2, 0.25) is 0 Å². The summed E-state index contributed by atoms with van der Waals surface area (Å²) < 4.78 is 0. The summed E-state index contributed by atoms with van der Waals surface area (Å²) in [6, 6.07) is 9.00. The van der Waals surface area contributed by atoms with Crippen LogP contribution >= 0.6 is 23.2 Å². The van der Waals surface area contributed by atoms with E-state index in [1.807, 2.05) is 24.3 Å². The lowest BCUT2D eigenvalue weighted by molar-refractivity contribution is 0.0937. The Kier molecular flexibility index (Phi) is 4.43. The van der Waals surface area contributed by atoms with Gasteiger partial charge in [0, 0.05) is 24.0 Å². The monoisotopic (exact) mass is 346 g/mol. The number of carbonyl (C=O) groups is 1. The summed E-state index contributed by atoms with van der Waals surface area (Å²) in [6.07, 6.45) is 4.17. The second-order valence-electron chi connectivity index (χ2n) is 4.93. The molecule has 0 saturated carbocycles. The van der Waals surface area contributed by atoms with Crippen LogP contribution < -0.4 is 11.1 Å². The number of carbonyl (C=O) groups excluding carboxylic acids is 1. The number of nitrogens with one attached hydrogen (secondary N) is 1. The Morgan fingerprint density at radius 3 is 2.74 bits per heavy atom. The van der Waals surface area contributed by atoms with Crippen molar-refractivity contribution in [1.29, 1.82) is 0 Å². The Morgan fingerprint density at radius 2 is 1.96 bits per heavy atom. The highest BCUT2D eigenvalue weighted by Gasteiger charge is 2.14. The van der Waals surface area contributed by atoms with Crippen LogP contribution in [0.1, 0.15) is 22.1 Å². The van der Waals surface area contributed by atoms with Crippen molar-refractivity contribution in [3.05, 3.63) is 70.2 Å². The van der Waals surface area contributed by atoms with Crippen molar-refractivity contribution >= 4 is 39.9 Å². The third kappa shape index (κ3) is 3.42. The quantitative estimate of drug-likeness (QED) is 0.563. The van der Waals surface area contributed by atoms with E-state index in [4.69, 9.17) is 28.9 Å². The molecule has 7 heteroatoms. The van der Waals surface area contributed by atoms with Gasteiger partial charge in [-0.25, -0.2) is 4.98 Å². The van der Waals surface area contributed by atoms with E-state index in [2.05, 4.69) is 15.3 Å². The van der Waals surface area contributed by atoms with Crippen LogP contribution in [0.15, 0.2) is 48.9 Å². The normalized spacial score (nSPS) is 12.1. The Morgan fingerprint density at radius 1 is 1.13 bits per heavy atom. The van der Waals surface area contributed by atoms with Crippen LogP contribution in [0.4, 0.5) is 0 Å². The first-order valence-electron chi connectivity index (χ1n) is 6.76. The number of hydrogen-bond acceptors (Lipinski definition) is 4. The molecule has 1 atom stereocenters. The fraction of sp³-hybridized carbons (Fsp3) is 0.0625. The second-order valence-corrected chi connectivity index (χ2v) is 5.70. The lowest BCUT2D eigenvalue weighted by Crippen LogP contribution is -2.34. The SMILES string of the molecule is NC(NC(=O)c1cnc(Cl)c(Cl)c1)c1ccc2cnccc2c1. The third-order valence-electron chi connectivity index (χ3n) is 3.37. The van der Waals surface area contributed by atoms with Crippen LogP contribution in [-0.4, -0.2) is 15.9 Å². The van der Waals surface area contributed by atoms with Crippen LogP contribution in [0.5, 0.6) is 0 Å². The zero-order valence-electron chi connectivity index (χ0n) is 11.8. The summed E-state index contributed by atoms with van der Waals surface area (Å²) in [4.78, 5) is 20.1. The van der Waals surface area contributed by atoms with Gasteiger partial charge in [0.1, 0.15) is 11.3 Å². The lowest BCUT2D eigenvalue weighted by atomic mass is 10.1. The molecule has 0 spiro atoms. The van der Waals surface area contributed by atoms with Crippen LogP contribution in [0.25, 0.3) is 10.8 Å². The molecule has 1 amide bonds. The molecule has 3 N–H and O–H groups in total. The van der Waals surface area contributed by atoms with E-state index in [1.54, 1.807) is 12.4 Å². The van der Waals surface area contributed by atoms with Gasteiger partial charge in [0.05, 0.1) is 10.6 Å². The molecule has 5 nitrogen and oxygen atoms in total. The number of rotatable bonds is 3. The molecule has 3 aromatic rings. The number of amides is 1. The van der Waals surface area contributed by atoms with Crippen molar-refractivity contribution in [1.82, 2.24) is 15.3 Å². The van der Waals surface area contributed by atoms with E-state index in [0.29, 0.717) is 5.56 Å².